The predicted molar refractivity (Wildman–Crippen MR) is 81.6 cm³/mol. The Balaban J connectivity index is 2.31. The summed E-state index contributed by atoms with van der Waals surface area (Å²) in [5, 5.41) is 3.07. The number of rotatable bonds is 2. The van der Waals surface area contributed by atoms with Gasteiger partial charge in [-0.15, -0.1) is 11.3 Å². The van der Waals surface area contributed by atoms with Gasteiger partial charge in [-0.2, -0.15) is 0 Å². The maximum Gasteiger partial charge on any atom is 0.111 e. The van der Waals surface area contributed by atoms with Gasteiger partial charge in [0.25, 0.3) is 0 Å². The standard InChI is InChI=1S/C14H17BrN2S/c1-14(2,3)12(16)13-17-11(8-18-13)9-5-4-6-10(15)7-9/h4-8,12H,16H2,1-3H3. The molecule has 1 aromatic carbocycles. The first-order valence-corrected chi connectivity index (χ1v) is 7.52. The van der Waals surface area contributed by atoms with Crippen molar-refractivity contribution in [2.45, 2.75) is 26.8 Å². The van der Waals surface area contributed by atoms with Crippen LogP contribution in [0.25, 0.3) is 11.3 Å². The molecule has 2 nitrogen and oxygen atoms in total. The molecule has 0 bridgehead atoms. The molecule has 0 aliphatic rings. The normalized spacial score (nSPS) is 13.6. The van der Waals surface area contributed by atoms with Crippen molar-refractivity contribution < 1.29 is 0 Å². The number of hydrogen-bond donors (Lipinski definition) is 1. The third-order valence-corrected chi connectivity index (χ3v) is 4.26. The van der Waals surface area contributed by atoms with Gasteiger partial charge in [0.1, 0.15) is 5.01 Å². The third kappa shape index (κ3) is 2.99. The predicted octanol–water partition coefficient (Wildman–Crippen LogP) is 4.62. The highest BCUT2D eigenvalue weighted by Crippen LogP contribution is 2.34. The minimum Gasteiger partial charge on any atom is -0.322 e. The smallest absolute Gasteiger partial charge is 0.111 e. The van der Waals surface area contributed by atoms with Crippen LogP contribution in [-0.2, 0) is 0 Å². The quantitative estimate of drug-likeness (QED) is 0.875. The lowest BCUT2D eigenvalue weighted by Gasteiger charge is -2.24. The van der Waals surface area contributed by atoms with Gasteiger partial charge in [0.2, 0.25) is 0 Å². The largest absolute Gasteiger partial charge is 0.322 e. The van der Waals surface area contributed by atoms with Gasteiger partial charge in [0.15, 0.2) is 0 Å². The van der Waals surface area contributed by atoms with Gasteiger partial charge in [-0.1, -0.05) is 48.8 Å². The molecule has 0 spiro atoms. The van der Waals surface area contributed by atoms with Crippen LogP contribution in [0.3, 0.4) is 0 Å². The molecular formula is C14H17BrN2S. The Bertz CT molecular complexity index is 543. The number of benzene rings is 1. The molecule has 4 heteroatoms. The number of thiazole rings is 1. The van der Waals surface area contributed by atoms with E-state index >= 15 is 0 Å². The first-order chi connectivity index (χ1) is 8.38. The van der Waals surface area contributed by atoms with Gasteiger partial charge in [-0.05, 0) is 17.5 Å². The van der Waals surface area contributed by atoms with E-state index in [1.54, 1.807) is 11.3 Å². The van der Waals surface area contributed by atoms with Crippen molar-refractivity contribution in [1.82, 2.24) is 4.98 Å². The maximum absolute atomic E-state index is 6.23. The number of nitrogens with zero attached hydrogens (tertiary/aromatic N) is 1. The van der Waals surface area contributed by atoms with Crippen LogP contribution in [0.15, 0.2) is 34.1 Å². The molecule has 0 saturated carbocycles. The SMILES string of the molecule is CC(C)(C)C(N)c1nc(-c2cccc(Br)c2)cs1. The zero-order chi connectivity index (χ0) is 13.3. The molecule has 2 rings (SSSR count). The molecule has 0 saturated heterocycles. The summed E-state index contributed by atoms with van der Waals surface area (Å²) >= 11 is 5.11. The van der Waals surface area contributed by atoms with Gasteiger partial charge in [0, 0.05) is 15.4 Å². The number of halogens is 1. The first-order valence-electron chi connectivity index (χ1n) is 5.85. The minimum absolute atomic E-state index is 0.0246. The fourth-order valence-corrected chi connectivity index (χ4v) is 3.05. The van der Waals surface area contributed by atoms with Crippen LogP contribution in [0.4, 0.5) is 0 Å². The summed E-state index contributed by atoms with van der Waals surface area (Å²) in [6.45, 7) is 6.41. The second kappa shape index (κ2) is 5.11. The van der Waals surface area contributed by atoms with E-state index in [1.165, 1.54) is 0 Å². The second-order valence-electron chi connectivity index (χ2n) is 5.43. The van der Waals surface area contributed by atoms with Crippen LogP contribution in [0.2, 0.25) is 0 Å². The van der Waals surface area contributed by atoms with E-state index in [0.29, 0.717) is 0 Å². The molecule has 1 unspecified atom stereocenters. The van der Waals surface area contributed by atoms with Crippen LogP contribution in [-0.4, -0.2) is 4.98 Å². The Morgan fingerprint density at radius 2 is 2.06 bits per heavy atom. The molecule has 1 aromatic heterocycles. The van der Waals surface area contributed by atoms with E-state index in [1.807, 2.05) is 12.1 Å². The average molecular weight is 325 g/mol. The monoisotopic (exact) mass is 324 g/mol. The average Bonchev–Trinajstić information content (AvgIpc) is 2.75. The van der Waals surface area contributed by atoms with Crippen molar-refractivity contribution in [2.24, 2.45) is 11.1 Å². The Morgan fingerprint density at radius 3 is 2.67 bits per heavy atom. The Morgan fingerprint density at radius 1 is 1.33 bits per heavy atom. The molecular weight excluding hydrogens is 308 g/mol. The van der Waals surface area contributed by atoms with E-state index in [-0.39, 0.29) is 11.5 Å². The van der Waals surface area contributed by atoms with Crippen LogP contribution in [0.1, 0.15) is 31.8 Å². The number of aromatic nitrogens is 1. The fourth-order valence-electron chi connectivity index (χ4n) is 1.58. The maximum atomic E-state index is 6.23. The summed E-state index contributed by atoms with van der Waals surface area (Å²) < 4.78 is 1.06. The van der Waals surface area contributed by atoms with Crippen LogP contribution in [0, 0.1) is 5.41 Å². The summed E-state index contributed by atoms with van der Waals surface area (Å²) in [4.78, 5) is 4.66. The molecule has 0 aliphatic carbocycles. The molecule has 0 amide bonds. The van der Waals surface area contributed by atoms with Gasteiger partial charge < -0.3 is 5.73 Å². The zero-order valence-corrected chi connectivity index (χ0v) is 13.2. The first kappa shape index (κ1) is 13.7. The molecule has 2 N–H and O–H groups in total. The van der Waals surface area contributed by atoms with Crippen molar-refractivity contribution in [3.8, 4) is 11.3 Å². The summed E-state index contributed by atoms with van der Waals surface area (Å²) in [6.07, 6.45) is 0. The van der Waals surface area contributed by atoms with Crippen LogP contribution >= 0.6 is 27.3 Å². The van der Waals surface area contributed by atoms with Crippen molar-refractivity contribution >= 4 is 27.3 Å². The molecule has 0 radical (unpaired) electrons. The Kier molecular flexibility index (Phi) is 3.90. The highest BCUT2D eigenvalue weighted by molar-refractivity contribution is 9.10. The summed E-state index contributed by atoms with van der Waals surface area (Å²) in [5.41, 5.74) is 8.38. The van der Waals surface area contributed by atoms with E-state index in [4.69, 9.17) is 5.73 Å². The highest BCUT2D eigenvalue weighted by Gasteiger charge is 2.25. The lowest BCUT2D eigenvalue weighted by molar-refractivity contribution is 0.326. The fraction of sp³-hybridized carbons (Fsp3) is 0.357. The molecule has 96 valence electrons. The van der Waals surface area contributed by atoms with Crippen molar-refractivity contribution in [3.63, 3.8) is 0 Å². The summed E-state index contributed by atoms with van der Waals surface area (Å²) in [7, 11) is 0. The number of nitrogens with two attached hydrogens (primary N) is 1. The lowest BCUT2D eigenvalue weighted by Crippen LogP contribution is -2.26. The lowest BCUT2D eigenvalue weighted by atomic mass is 9.88. The minimum atomic E-state index is -0.0246. The molecule has 0 fully saturated rings. The zero-order valence-electron chi connectivity index (χ0n) is 10.8. The van der Waals surface area contributed by atoms with E-state index in [0.717, 1.165) is 20.7 Å². The van der Waals surface area contributed by atoms with Gasteiger partial charge in [-0.25, -0.2) is 4.98 Å². The number of hydrogen-bond acceptors (Lipinski definition) is 3. The Labute approximate surface area is 120 Å². The molecule has 2 aromatic rings. The topological polar surface area (TPSA) is 38.9 Å². The second-order valence-corrected chi connectivity index (χ2v) is 7.23. The van der Waals surface area contributed by atoms with Crippen molar-refractivity contribution in [2.75, 3.05) is 0 Å². The van der Waals surface area contributed by atoms with Crippen LogP contribution < -0.4 is 5.73 Å². The summed E-state index contributed by atoms with van der Waals surface area (Å²) in [5.74, 6) is 0. The van der Waals surface area contributed by atoms with Crippen molar-refractivity contribution in [1.29, 1.82) is 0 Å². The van der Waals surface area contributed by atoms with E-state index in [9.17, 15) is 0 Å². The van der Waals surface area contributed by atoms with Gasteiger partial charge in [0.05, 0.1) is 11.7 Å². The molecule has 0 aliphatic heterocycles. The highest BCUT2D eigenvalue weighted by atomic mass is 79.9. The van der Waals surface area contributed by atoms with E-state index < -0.39 is 0 Å². The molecule has 1 heterocycles. The Hall–Kier alpha value is -0.710. The summed E-state index contributed by atoms with van der Waals surface area (Å²) in [6, 6.07) is 8.14. The van der Waals surface area contributed by atoms with Crippen molar-refractivity contribution in [3.05, 3.63) is 39.1 Å². The third-order valence-electron chi connectivity index (χ3n) is 2.84. The molecule has 1 atom stereocenters. The van der Waals surface area contributed by atoms with Gasteiger partial charge >= 0.3 is 0 Å². The van der Waals surface area contributed by atoms with Crippen LogP contribution in [0.5, 0.6) is 0 Å². The molecule has 18 heavy (non-hydrogen) atoms. The van der Waals surface area contributed by atoms with E-state index in [2.05, 4.69) is 59.2 Å². The van der Waals surface area contributed by atoms with Gasteiger partial charge in [-0.3, -0.25) is 0 Å².